The van der Waals surface area contributed by atoms with E-state index in [0.29, 0.717) is 5.92 Å². The SMILES string of the molecule is CCCn1c(C2CCNCC2)nc2cccnc21. The van der Waals surface area contributed by atoms with Crippen molar-refractivity contribution in [1.29, 1.82) is 0 Å². The summed E-state index contributed by atoms with van der Waals surface area (Å²) in [5.41, 5.74) is 2.09. The first-order valence-corrected chi connectivity index (χ1v) is 6.92. The number of nitrogens with zero attached hydrogens (tertiary/aromatic N) is 3. The molecule has 3 rings (SSSR count). The average molecular weight is 244 g/mol. The number of hydrogen-bond acceptors (Lipinski definition) is 3. The Kier molecular flexibility index (Phi) is 3.28. The van der Waals surface area contributed by atoms with Gasteiger partial charge in [-0.3, -0.25) is 0 Å². The van der Waals surface area contributed by atoms with Crippen molar-refractivity contribution < 1.29 is 0 Å². The lowest BCUT2D eigenvalue weighted by atomic mass is 9.97. The second-order valence-electron chi connectivity index (χ2n) is 4.99. The zero-order chi connectivity index (χ0) is 12.4. The van der Waals surface area contributed by atoms with E-state index in [0.717, 1.165) is 37.2 Å². The number of piperidine rings is 1. The first-order valence-electron chi connectivity index (χ1n) is 6.92. The van der Waals surface area contributed by atoms with Crippen LogP contribution in [-0.2, 0) is 6.54 Å². The molecule has 2 aromatic rings. The molecule has 4 nitrogen and oxygen atoms in total. The summed E-state index contributed by atoms with van der Waals surface area (Å²) in [7, 11) is 0. The van der Waals surface area contributed by atoms with E-state index >= 15 is 0 Å². The van der Waals surface area contributed by atoms with Crippen molar-refractivity contribution >= 4 is 11.2 Å². The second kappa shape index (κ2) is 5.06. The molecule has 0 spiro atoms. The molecular weight excluding hydrogens is 224 g/mol. The van der Waals surface area contributed by atoms with E-state index in [1.807, 2.05) is 12.3 Å². The van der Waals surface area contributed by atoms with Crippen molar-refractivity contribution in [3.63, 3.8) is 0 Å². The zero-order valence-electron chi connectivity index (χ0n) is 10.9. The molecule has 1 saturated heterocycles. The fourth-order valence-electron chi connectivity index (χ4n) is 2.81. The van der Waals surface area contributed by atoms with Gasteiger partial charge in [0, 0.05) is 18.7 Å². The average Bonchev–Trinajstić information content (AvgIpc) is 2.80. The third-order valence-electron chi connectivity index (χ3n) is 3.68. The molecule has 96 valence electrons. The highest BCUT2D eigenvalue weighted by Crippen LogP contribution is 2.27. The molecule has 2 aromatic heterocycles. The lowest BCUT2D eigenvalue weighted by Gasteiger charge is -2.22. The highest BCUT2D eigenvalue weighted by molar-refractivity contribution is 5.71. The van der Waals surface area contributed by atoms with Crippen LogP contribution in [0, 0.1) is 0 Å². The first kappa shape index (κ1) is 11.7. The van der Waals surface area contributed by atoms with Crippen LogP contribution in [0.3, 0.4) is 0 Å². The number of aromatic nitrogens is 3. The summed E-state index contributed by atoms with van der Waals surface area (Å²) in [5, 5.41) is 3.42. The van der Waals surface area contributed by atoms with Crippen molar-refractivity contribution in [1.82, 2.24) is 19.9 Å². The van der Waals surface area contributed by atoms with Crippen LogP contribution in [0.1, 0.15) is 37.9 Å². The van der Waals surface area contributed by atoms with Gasteiger partial charge in [-0.05, 0) is 44.5 Å². The summed E-state index contributed by atoms with van der Waals surface area (Å²) in [6.45, 7) is 5.44. The molecule has 0 atom stereocenters. The Morgan fingerprint density at radius 1 is 1.39 bits per heavy atom. The molecule has 1 aliphatic rings. The van der Waals surface area contributed by atoms with Gasteiger partial charge < -0.3 is 9.88 Å². The van der Waals surface area contributed by atoms with Gasteiger partial charge in [-0.15, -0.1) is 0 Å². The largest absolute Gasteiger partial charge is 0.317 e. The molecule has 0 aliphatic carbocycles. The monoisotopic (exact) mass is 244 g/mol. The topological polar surface area (TPSA) is 42.7 Å². The molecule has 18 heavy (non-hydrogen) atoms. The highest BCUT2D eigenvalue weighted by atomic mass is 15.1. The number of nitrogens with one attached hydrogen (secondary N) is 1. The van der Waals surface area contributed by atoms with Crippen LogP contribution in [0.5, 0.6) is 0 Å². The molecule has 0 saturated carbocycles. The Hall–Kier alpha value is -1.42. The van der Waals surface area contributed by atoms with E-state index in [1.165, 1.54) is 18.7 Å². The molecule has 3 heterocycles. The predicted molar refractivity (Wildman–Crippen MR) is 72.7 cm³/mol. The first-order chi connectivity index (χ1) is 8.90. The molecule has 4 heteroatoms. The van der Waals surface area contributed by atoms with Crippen LogP contribution in [0.4, 0.5) is 0 Å². The molecule has 0 unspecified atom stereocenters. The number of imidazole rings is 1. The fourth-order valence-corrected chi connectivity index (χ4v) is 2.81. The summed E-state index contributed by atoms with van der Waals surface area (Å²) in [5.74, 6) is 1.83. The van der Waals surface area contributed by atoms with E-state index in [2.05, 4.69) is 27.9 Å². The molecule has 1 fully saturated rings. The molecule has 0 radical (unpaired) electrons. The zero-order valence-corrected chi connectivity index (χ0v) is 10.9. The van der Waals surface area contributed by atoms with Crippen molar-refractivity contribution in [2.24, 2.45) is 0 Å². The van der Waals surface area contributed by atoms with Crippen molar-refractivity contribution in [3.05, 3.63) is 24.2 Å². The summed E-state index contributed by atoms with van der Waals surface area (Å²) in [6.07, 6.45) is 5.36. The van der Waals surface area contributed by atoms with Gasteiger partial charge in [0.2, 0.25) is 0 Å². The normalized spacial score (nSPS) is 17.4. The summed E-state index contributed by atoms with van der Waals surface area (Å²) in [6, 6.07) is 4.04. The van der Waals surface area contributed by atoms with Crippen LogP contribution < -0.4 is 5.32 Å². The van der Waals surface area contributed by atoms with Gasteiger partial charge in [0.25, 0.3) is 0 Å². The van der Waals surface area contributed by atoms with Crippen molar-refractivity contribution in [3.8, 4) is 0 Å². The van der Waals surface area contributed by atoms with E-state index in [-0.39, 0.29) is 0 Å². The minimum Gasteiger partial charge on any atom is -0.317 e. The molecule has 0 aromatic carbocycles. The lowest BCUT2D eigenvalue weighted by Crippen LogP contribution is -2.28. The van der Waals surface area contributed by atoms with Crippen LogP contribution in [-0.4, -0.2) is 27.6 Å². The standard InChI is InChI=1S/C14H20N4/c1-2-10-18-13(11-5-8-15-9-6-11)17-12-4-3-7-16-14(12)18/h3-4,7,11,15H,2,5-6,8-10H2,1H3. The van der Waals surface area contributed by atoms with Gasteiger partial charge >= 0.3 is 0 Å². The minimum absolute atomic E-state index is 0.590. The van der Waals surface area contributed by atoms with Crippen LogP contribution in [0.2, 0.25) is 0 Å². The smallest absolute Gasteiger partial charge is 0.159 e. The second-order valence-corrected chi connectivity index (χ2v) is 4.99. The quantitative estimate of drug-likeness (QED) is 0.901. The Labute approximate surface area is 107 Å². The Bertz CT molecular complexity index is 526. The summed E-state index contributed by atoms with van der Waals surface area (Å²) in [4.78, 5) is 9.33. The Balaban J connectivity index is 2.05. The lowest BCUT2D eigenvalue weighted by molar-refractivity contribution is 0.431. The summed E-state index contributed by atoms with van der Waals surface area (Å²) < 4.78 is 2.32. The maximum absolute atomic E-state index is 4.83. The van der Waals surface area contributed by atoms with Crippen molar-refractivity contribution in [2.75, 3.05) is 13.1 Å². The van der Waals surface area contributed by atoms with Gasteiger partial charge in [0.05, 0.1) is 0 Å². The van der Waals surface area contributed by atoms with Gasteiger partial charge in [-0.1, -0.05) is 6.92 Å². The van der Waals surface area contributed by atoms with Crippen LogP contribution in [0.25, 0.3) is 11.2 Å². The molecule has 0 amide bonds. The van der Waals surface area contributed by atoms with E-state index in [4.69, 9.17) is 4.98 Å². The number of pyridine rings is 1. The van der Waals surface area contributed by atoms with Crippen LogP contribution >= 0.6 is 0 Å². The highest BCUT2D eigenvalue weighted by Gasteiger charge is 2.22. The molecule has 1 N–H and O–H groups in total. The predicted octanol–water partition coefficient (Wildman–Crippen LogP) is 2.31. The number of rotatable bonds is 3. The summed E-state index contributed by atoms with van der Waals surface area (Å²) >= 11 is 0. The van der Waals surface area contributed by atoms with Gasteiger partial charge in [0.15, 0.2) is 5.65 Å². The number of fused-ring (bicyclic) bond motifs is 1. The number of hydrogen-bond donors (Lipinski definition) is 1. The number of aryl methyl sites for hydroxylation is 1. The Morgan fingerprint density at radius 2 is 2.22 bits per heavy atom. The minimum atomic E-state index is 0.590. The third kappa shape index (κ3) is 2.01. The van der Waals surface area contributed by atoms with Crippen molar-refractivity contribution in [2.45, 2.75) is 38.6 Å². The van der Waals surface area contributed by atoms with Crippen LogP contribution in [0.15, 0.2) is 18.3 Å². The molecular formula is C14H20N4. The Morgan fingerprint density at radius 3 is 3.00 bits per heavy atom. The van der Waals surface area contributed by atoms with E-state index < -0.39 is 0 Å². The van der Waals surface area contributed by atoms with E-state index in [1.54, 1.807) is 0 Å². The van der Waals surface area contributed by atoms with Gasteiger partial charge in [-0.25, -0.2) is 9.97 Å². The third-order valence-corrected chi connectivity index (χ3v) is 3.68. The maximum Gasteiger partial charge on any atom is 0.159 e. The molecule has 1 aliphatic heterocycles. The maximum atomic E-state index is 4.83. The van der Waals surface area contributed by atoms with Gasteiger partial charge in [0.1, 0.15) is 11.3 Å². The van der Waals surface area contributed by atoms with E-state index in [9.17, 15) is 0 Å². The van der Waals surface area contributed by atoms with Gasteiger partial charge in [-0.2, -0.15) is 0 Å². The molecule has 0 bridgehead atoms. The fraction of sp³-hybridized carbons (Fsp3) is 0.571.